The highest BCUT2D eigenvalue weighted by molar-refractivity contribution is 7.88. The number of hydrogen-bond donors (Lipinski definition) is 0. The molecule has 0 saturated carbocycles. The first-order chi connectivity index (χ1) is 8.55. The predicted octanol–water partition coefficient (Wildman–Crippen LogP) is 2.39. The normalized spacial score (nSPS) is 21.7. The fourth-order valence-corrected chi connectivity index (χ4v) is 4.73. The number of fused-ring (bicyclic) bond motifs is 1. The highest BCUT2D eigenvalue weighted by Crippen LogP contribution is 2.37. The summed E-state index contributed by atoms with van der Waals surface area (Å²) in [5.41, 5.74) is 0.956. The van der Waals surface area contributed by atoms with Crippen LogP contribution in [0, 0.1) is 0 Å². The number of rotatable bonds is 2. The van der Waals surface area contributed by atoms with Crippen LogP contribution in [0.3, 0.4) is 0 Å². The van der Waals surface area contributed by atoms with Crippen molar-refractivity contribution < 1.29 is 8.42 Å². The quantitative estimate of drug-likeness (QED) is 0.850. The summed E-state index contributed by atoms with van der Waals surface area (Å²) >= 11 is 1.60. The molecule has 0 radical (unpaired) electrons. The van der Waals surface area contributed by atoms with Gasteiger partial charge in [-0.05, 0) is 25.0 Å². The summed E-state index contributed by atoms with van der Waals surface area (Å²) < 4.78 is 26.2. The van der Waals surface area contributed by atoms with E-state index in [2.05, 4.69) is 4.98 Å². The maximum absolute atomic E-state index is 11.7. The van der Waals surface area contributed by atoms with Crippen LogP contribution in [0.1, 0.15) is 23.9 Å². The smallest absolute Gasteiger partial charge is 0.211 e. The maximum atomic E-state index is 11.7. The average Bonchev–Trinajstić information content (AvgIpc) is 2.94. The minimum absolute atomic E-state index is 0.0719. The molecular formula is C12H14N2O2S2. The molecule has 0 amide bonds. The van der Waals surface area contributed by atoms with E-state index in [9.17, 15) is 8.42 Å². The Balaban J connectivity index is 2.03. The number of para-hydroxylation sites is 1. The molecule has 3 rings (SSSR count). The maximum Gasteiger partial charge on any atom is 0.211 e. The van der Waals surface area contributed by atoms with Gasteiger partial charge in [0.25, 0.3) is 0 Å². The Morgan fingerprint density at radius 3 is 2.89 bits per heavy atom. The Morgan fingerprint density at radius 2 is 2.17 bits per heavy atom. The van der Waals surface area contributed by atoms with Crippen LogP contribution in [-0.4, -0.2) is 30.5 Å². The van der Waals surface area contributed by atoms with Gasteiger partial charge in [-0.3, -0.25) is 0 Å². The van der Waals surface area contributed by atoms with Crippen molar-refractivity contribution in [3.8, 4) is 0 Å². The summed E-state index contributed by atoms with van der Waals surface area (Å²) in [5.74, 6) is 0. The Morgan fingerprint density at radius 1 is 1.39 bits per heavy atom. The summed E-state index contributed by atoms with van der Waals surface area (Å²) in [4.78, 5) is 4.57. The van der Waals surface area contributed by atoms with E-state index in [4.69, 9.17) is 0 Å². The third-order valence-corrected chi connectivity index (χ3v) is 5.65. The summed E-state index contributed by atoms with van der Waals surface area (Å²) in [6, 6.07) is 7.85. The van der Waals surface area contributed by atoms with Crippen molar-refractivity contribution in [1.82, 2.24) is 9.29 Å². The third-order valence-electron chi connectivity index (χ3n) is 3.23. The molecule has 0 spiro atoms. The first-order valence-corrected chi connectivity index (χ1v) is 8.54. The first-order valence-electron chi connectivity index (χ1n) is 5.88. The minimum Gasteiger partial charge on any atom is -0.239 e. The van der Waals surface area contributed by atoms with Crippen molar-refractivity contribution in [1.29, 1.82) is 0 Å². The molecule has 2 aromatic rings. The van der Waals surface area contributed by atoms with Crippen LogP contribution < -0.4 is 0 Å². The fourth-order valence-electron chi connectivity index (χ4n) is 2.42. The lowest BCUT2D eigenvalue weighted by Gasteiger charge is -2.19. The average molecular weight is 282 g/mol. The molecule has 1 aliphatic heterocycles. The summed E-state index contributed by atoms with van der Waals surface area (Å²) in [5, 5.41) is 0.916. The summed E-state index contributed by atoms with van der Waals surface area (Å²) in [6.07, 6.45) is 3.05. The van der Waals surface area contributed by atoms with E-state index in [1.54, 1.807) is 15.6 Å². The molecule has 1 saturated heterocycles. The van der Waals surface area contributed by atoms with Gasteiger partial charge >= 0.3 is 0 Å². The standard InChI is InChI=1S/C12H14N2O2S2/c1-18(15,16)14-8-4-6-10(14)12-13-9-5-2-3-7-11(9)17-12/h2-3,5,7,10H,4,6,8H2,1H3/t10-/m1/s1. The number of sulfonamides is 1. The van der Waals surface area contributed by atoms with E-state index in [1.807, 2.05) is 24.3 Å². The lowest BCUT2D eigenvalue weighted by molar-refractivity contribution is 0.400. The van der Waals surface area contributed by atoms with Crippen molar-refractivity contribution in [2.75, 3.05) is 12.8 Å². The molecule has 0 N–H and O–H groups in total. The molecule has 1 aromatic carbocycles. The molecule has 0 unspecified atom stereocenters. The molecule has 1 fully saturated rings. The largest absolute Gasteiger partial charge is 0.239 e. The lowest BCUT2D eigenvalue weighted by Crippen LogP contribution is -2.29. The Kier molecular flexibility index (Phi) is 2.88. The van der Waals surface area contributed by atoms with Crippen molar-refractivity contribution in [3.63, 3.8) is 0 Å². The molecule has 4 nitrogen and oxygen atoms in total. The number of thiazole rings is 1. The van der Waals surface area contributed by atoms with Crippen molar-refractivity contribution in [2.24, 2.45) is 0 Å². The van der Waals surface area contributed by atoms with E-state index in [0.29, 0.717) is 6.54 Å². The van der Waals surface area contributed by atoms with E-state index >= 15 is 0 Å². The lowest BCUT2D eigenvalue weighted by atomic mass is 10.2. The zero-order valence-corrected chi connectivity index (χ0v) is 11.7. The Hall–Kier alpha value is -0.980. The van der Waals surface area contributed by atoms with Crippen LogP contribution in [0.4, 0.5) is 0 Å². The van der Waals surface area contributed by atoms with Gasteiger partial charge in [-0.25, -0.2) is 13.4 Å². The first kappa shape index (κ1) is 12.1. The summed E-state index contributed by atoms with van der Waals surface area (Å²) in [7, 11) is -3.14. The van der Waals surface area contributed by atoms with Crippen LogP contribution in [0.25, 0.3) is 10.2 Å². The van der Waals surface area contributed by atoms with Crippen molar-refractivity contribution in [2.45, 2.75) is 18.9 Å². The topological polar surface area (TPSA) is 50.3 Å². The van der Waals surface area contributed by atoms with E-state index in [1.165, 1.54) is 6.26 Å². The molecule has 1 aliphatic rings. The van der Waals surface area contributed by atoms with Gasteiger partial charge in [-0.1, -0.05) is 12.1 Å². The monoisotopic (exact) mass is 282 g/mol. The molecule has 96 valence electrons. The second-order valence-electron chi connectivity index (χ2n) is 4.55. The third kappa shape index (κ3) is 2.04. The SMILES string of the molecule is CS(=O)(=O)N1CCC[C@@H]1c1nc2ccccc2s1. The molecule has 1 aromatic heterocycles. The molecule has 0 bridgehead atoms. The van der Waals surface area contributed by atoms with Gasteiger partial charge in [0.05, 0.1) is 22.5 Å². The highest BCUT2D eigenvalue weighted by Gasteiger charge is 2.34. The zero-order valence-electron chi connectivity index (χ0n) is 10.0. The van der Waals surface area contributed by atoms with Gasteiger partial charge in [-0.2, -0.15) is 4.31 Å². The highest BCUT2D eigenvalue weighted by atomic mass is 32.2. The number of aromatic nitrogens is 1. The van der Waals surface area contributed by atoms with Gasteiger partial charge in [-0.15, -0.1) is 11.3 Å². The Bertz CT molecular complexity index is 645. The van der Waals surface area contributed by atoms with E-state index in [0.717, 1.165) is 28.1 Å². The van der Waals surface area contributed by atoms with Gasteiger partial charge in [0.2, 0.25) is 10.0 Å². The molecule has 2 heterocycles. The molecule has 18 heavy (non-hydrogen) atoms. The molecule has 6 heteroatoms. The van der Waals surface area contributed by atoms with E-state index in [-0.39, 0.29) is 6.04 Å². The predicted molar refractivity (Wildman–Crippen MR) is 73.1 cm³/mol. The van der Waals surface area contributed by atoms with Crippen LogP contribution in [0.15, 0.2) is 24.3 Å². The van der Waals surface area contributed by atoms with Crippen LogP contribution >= 0.6 is 11.3 Å². The van der Waals surface area contributed by atoms with Crippen LogP contribution in [-0.2, 0) is 10.0 Å². The van der Waals surface area contributed by atoms with Gasteiger partial charge in [0, 0.05) is 6.54 Å². The van der Waals surface area contributed by atoms with Gasteiger partial charge in [0.1, 0.15) is 5.01 Å². The molecule has 0 aliphatic carbocycles. The second kappa shape index (κ2) is 4.29. The molecule has 1 atom stereocenters. The summed E-state index contributed by atoms with van der Waals surface area (Å²) in [6.45, 7) is 0.611. The fraction of sp³-hybridized carbons (Fsp3) is 0.417. The van der Waals surface area contributed by atoms with Gasteiger partial charge in [0.15, 0.2) is 0 Å². The zero-order chi connectivity index (χ0) is 12.8. The van der Waals surface area contributed by atoms with Crippen molar-refractivity contribution in [3.05, 3.63) is 29.3 Å². The molecular weight excluding hydrogens is 268 g/mol. The minimum atomic E-state index is -3.14. The number of hydrogen-bond acceptors (Lipinski definition) is 4. The van der Waals surface area contributed by atoms with Gasteiger partial charge < -0.3 is 0 Å². The number of benzene rings is 1. The number of nitrogens with zero attached hydrogens (tertiary/aromatic N) is 2. The van der Waals surface area contributed by atoms with Crippen molar-refractivity contribution >= 4 is 31.6 Å². The van der Waals surface area contributed by atoms with Crippen LogP contribution in [0.2, 0.25) is 0 Å². The second-order valence-corrected chi connectivity index (χ2v) is 7.55. The Labute approximate surface area is 110 Å². The van der Waals surface area contributed by atoms with E-state index < -0.39 is 10.0 Å². The van der Waals surface area contributed by atoms with Crippen LogP contribution in [0.5, 0.6) is 0 Å².